The molecule has 0 spiro atoms. The highest BCUT2D eigenvalue weighted by Gasteiger charge is 2.28. The Kier molecular flexibility index (Phi) is 7.55. The number of hydrogen-bond acceptors (Lipinski definition) is 6. The van der Waals surface area contributed by atoms with E-state index in [9.17, 15) is 14.0 Å². The molecule has 7 nitrogen and oxygen atoms in total. The third-order valence-corrected chi connectivity index (χ3v) is 7.87. The van der Waals surface area contributed by atoms with Gasteiger partial charge in [0.05, 0.1) is 33.6 Å². The van der Waals surface area contributed by atoms with Crippen molar-refractivity contribution in [1.82, 2.24) is 14.5 Å². The first kappa shape index (κ1) is 25.4. The first-order chi connectivity index (χ1) is 17.9. The molecule has 2 aromatic carbocycles. The fraction of sp³-hybridized carbons (Fsp3) is 0.296. The number of aromatic nitrogens is 2. The van der Waals surface area contributed by atoms with Gasteiger partial charge in [0, 0.05) is 38.6 Å². The number of nitrogens with one attached hydrogen (secondary N) is 1. The number of hydrogen-bond donors (Lipinski definition) is 1. The number of fused-ring (bicyclic) bond motifs is 1. The van der Waals surface area contributed by atoms with Gasteiger partial charge >= 0.3 is 0 Å². The van der Waals surface area contributed by atoms with E-state index in [-0.39, 0.29) is 34.9 Å². The summed E-state index contributed by atoms with van der Waals surface area (Å²) in [7, 11) is 1.55. The van der Waals surface area contributed by atoms with Crippen LogP contribution in [0.4, 0.5) is 15.8 Å². The average Bonchev–Trinajstić information content (AvgIpc) is 3.39. The van der Waals surface area contributed by atoms with Crippen LogP contribution in [0, 0.1) is 5.82 Å². The molecule has 37 heavy (non-hydrogen) atoms. The maximum Gasteiger partial charge on any atom is 0.271 e. The van der Waals surface area contributed by atoms with Crippen LogP contribution in [0.3, 0.4) is 0 Å². The number of thiazole rings is 1. The van der Waals surface area contributed by atoms with Crippen LogP contribution in [0.2, 0.25) is 5.02 Å². The molecule has 1 N–H and O–H groups in total. The van der Waals surface area contributed by atoms with Crippen molar-refractivity contribution >= 4 is 50.4 Å². The number of anilines is 2. The molecule has 10 heteroatoms. The normalized spacial score (nSPS) is 14.3. The van der Waals surface area contributed by atoms with Crippen molar-refractivity contribution < 1.29 is 13.9 Å². The van der Waals surface area contributed by atoms with Crippen molar-refractivity contribution in [2.75, 3.05) is 32.1 Å². The minimum Gasteiger partial charge on any atom is -0.383 e. The zero-order valence-electron chi connectivity index (χ0n) is 20.2. The molecular weight excluding hydrogens is 515 g/mol. The highest BCUT2D eigenvalue weighted by atomic mass is 35.5. The summed E-state index contributed by atoms with van der Waals surface area (Å²) in [5.74, 6) is -0.208. The topological polar surface area (TPSA) is 76.5 Å². The van der Waals surface area contributed by atoms with Crippen LogP contribution in [0.25, 0.3) is 10.2 Å². The predicted octanol–water partition coefficient (Wildman–Crippen LogP) is 5.66. The fourth-order valence-electron chi connectivity index (χ4n) is 4.67. The molecule has 1 saturated heterocycles. The standard InChI is InChI=1S/C27H26ClFN4O3S/c1-36-13-12-33-15-21(26(34)32-10-8-18(9-11-32)17-2-4-19(29)5-3-17)25(24(28)27(33)35)31-20-6-7-23-22(14-20)30-16-37-23/h2-7,14-16,18,31H,8-13H2,1H3. The van der Waals surface area contributed by atoms with Crippen molar-refractivity contribution in [3.63, 3.8) is 0 Å². The molecular formula is C27H26ClFN4O3S. The van der Waals surface area contributed by atoms with Gasteiger partial charge in [-0.25, -0.2) is 9.37 Å². The summed E-state index contributed by atoms with van der Waals surface area (Å²) in [4.78, 5) is 32.9. The van der Waals surface area contributed by atoms with Crippen LogP contribution in [0.15, 0.2) is 59.0 Å². The Balaban J connectivity index is 1.44. The van der Waals surface area contributed by atoms with Crippen molar-refractivity contribution in [2.24, 2.45) is 0 Å². The molecule has 3 heterocycles. The van der Waals surface area contributed by atoms with E-state index >= 15 is 0 Å². The van der Waals surface area contributed by atoms with E-state index in [1.165, 1.54) is 28.0 Å². The Hall–Kier alpha value is -3.27. The quantitative estimate of drug-likeness (QED) is 0.327. The molecule has 192 valence electrons. The summed E-state index contributed by atoms with van der Waals surface area (Å²) in [5.41, 5.74) is 4.53. The first-order valence-electron chi connectivity index (χ1n) is 12.0. The minimum absolute atomic E-state index is 0.0541. The van der Waals surface area contributed by atoms with Crippen molar-refractivity contribution in [2.45, 2.75) is 25.3 Å². The molecule has 0 unspecified atom stereocenters. The van der Waals surface area contributed by atoms with Crippen LogP contribution in [0.1, 0.15) is 34.7 Å². The van der Waals surface area contributed by atoms with E-state index in [1.54, 1.807) is 23.7 Å². The molecule has 0 aliphatic carbocycles. The number of carbonyl (C=O) groups is 1. The van der Waals surface area contributed by atoms with Crippen LogP contribution in [-0.4, -0.2) is 47.2 Å². The molecule has 2 aromatic heterocycles. The molecule has 0 saturated carbocycles. The molecule has 1 aliphatic rings. The Morgan fingerprint density at radius 1 is 1.22 bits per heavy atom. The molecule has 1 aliphatic heterocycles. The lowest BCUT2D eigenvalue weighted by molar-refractivity contribution is 0.0712. The molecule has 5 rings (SSSR count). The van der Waals surface area contributed by atoms with Gasteiger partial charge in [-0.2, -0.15) is 0 Å². The van der Waals surface area contributed by atoms with Gasteiger partial charge in [0.1, 0.15) is 10.8 Å². The number of amides is 1. The van der Waals surface area contributed by atoms with Gasteiger partial charge in [0.2, 0.25) is 0 Å². The SMILES string of the molecule is COCCn1cc(C(=O)N2CCC(c3ccc(F)cc3)CC2)c(Nc2ccc3scnc3c2)c(Cl)c1=O. The fourth-order valence-corrected chi connectivity index (χ4v) is 5.59. The second-order valence-corrected chi connectivity index (χ2v) is 10.3. The Labute approximate surface area is 222 Å². The van der Waals surface area contributed by atoms with Gasteiger partial charge in [-0.1, -0.05) is 23.7 Å². The summed E-state index contributed by atoms with van der Waals surface area (Å²) in [6.07, 6.45) is 3.08. The third kappa shape index (κ3) is 5.39. The van der Waals surface area contributed by atoms with Gasteiger partial charge in [0.25, 0.3) is 11.5 Å². The monoisotopic (exact) mass is 540 g/mol. The summed E-state index contributed by atoms with van der Waals surface area (Å²) < 4.78 is 20.9. The zero-order chi connectivity index (χ0) is 25.9. The first-order valence-corrected chi connectivity index (χ1v) is 13.3. The molecule has 0 radical (unpaired) electrons. The van der Waals surface area contributed by atoms with Gasteiger partial charge in [0.15, 0.2) is 0 Å². The van der Waals surface area contributed by atoms with Gasteiger partial charge in [-0.15, -0.1) is 11.3 Å². The summed E-state index contributed by atoms with van der Waals surface area (Å²) in [6.45, 7) is 1.66. The van der Waals surface area contributed by atoms with Crippen LogP contribution >= 0.6 is 22.9 Å². The number of halogens is 2. The van der Waals surface area contributed by atoms with E-state index in [4.69, 9.17) is 16.3 Å². The zero-order valence-corrected chi connectivity index (χ0v) is 21.8. The number of pyridine rings is 1. The number of benzene rings is 2. The third-order valence-electron chi connectivity index (χ3n) is 6.71. The number of ether oxygens (including phenoxy) is 1. The largest absolute Gasteiger partial charge is 0.383 e. The minimum atomic E-state index is -0.400. The summed E-state index contributed by atoms with van der Waals surface area (Å²) in [6, 6.07) is 12.2. The Bertz CT molecular complexity index is 1480. The number of methoxy groups -OCH3 is 1. The molecule has 4 aromatic rings. The van der Waals surface area contributed by atoms with Crippen molar-refractivity contribution in [3.8, 4) is 0 Å². The van der Waals surface area contributed by atoms with Gasteiger partial charge in [-0.3, -0.25) is 9.59 Å². The Morgan fingerprint density at radius 3 is 2.70 bits per heavy atom. The Morgan fingerprint density at radius 2 is 1.97 bits per heavy atom. The van der Waals surface area contributed by atoms with Crippen LogP contribution in [0.5, 0.6) is 0 Å². The number of rotatable bonds is 7. The lowest BCUT2D eigenvalue weighted by Gasteiger charge is -2.33. The van der Waals surface area contributed by atoms with Gasteiger partial charge < -0.3 is 19.5 Å². The maximum atomic E-state index is 13.8. The number of piperidine rings is 1. The highest BCUT2D eigenvalue weighted by Crippen LogP contribution is 2.33. The second kappa shape index (κ2) is 11.0. The predicted molar refractivity (Wildman–Crippen MR) is 145 cm³/mol. The second-order valence-electron chi connectivity index (χ2n) is 9.00. The highest BCUT2D eigenvalue weighted by molar-refractivity contribution is 7.16. The molecule has 0 atom stereocenters. The van der Waals surface area contributed by atoms with Crippen LogP contribution < -0.4 is 10.9 Å². The smallest absolute Gasteiger partial charge is 0.271 e. The molecule has 0 bridgehead atoms. The lowest BCUT2D eigenvalue weighted by atomic mass is 9.89. The maximum absolute atomic E-state index is 13.8. The number of nitrogens with zero attached hydrogens (tertiary/aromatic N) is 3. The molecule has 1 fully saturated rings. The lowest BCUT2D eigenvalue weighted by Crippen LogP contribution is -2.39. The van der Waals surface area contributed by atoms with E-state index in [0.29, 0.717) is 30.9 Å². The van der Waals surface area contributed by atoms with Gasteiger partial charge in [-0.05, 0) is 54.7 Å². The number of carbonyl (C=O) groups excluding carboxylic acids is 1. The van der Waals surface area contributed by atoms with Crippen molar-refractivity contribution in [1.29, 1.82) is 0 Å². The number of likely N-dealkylation sites (tertiary alicyclic amines) is 1. The van der Waals surface area contributed by atoms with E-state index in [0.717, 1.165) is 28.6 Å². The van der Waals surface area contributed by atoms with Crippen LogP contribution in [-0.2, 0) is 11.3 Å². The van der Waals surface area contributed by atoms with E-state index in [1.807, 2.05) is 30.3 Å². The van der Waals surface area contributed by atoms with Crippen molar-refractivity contribution in [3.05, 3.63) is 86.5 Å². The van der Waals surface area contributed by atoms with E-state index < -0.39 is 5.56 Å². The summed E-state index contributed by atoms with van der Waals surface area (Å²) in [5, 5.41) is 3.16. The molecule has 1 amide bonds. The average molecular weight is 541 g/mol. The van der Waals surface area contributed by atoms with E-state index in [2.05, 4.69) is 10.3 Å². The summed E-state index contributed by atoms with van der Waals surface area (Å²) >= 11 is 8.11.